The third kappa shape index (κ3) is 3.54. The fourth-order valence-corrected chi connectivity index (χ4v) is 2.41. The average Bonchev–Trinajstić information content (AvgIpc) is 2.89. The maximum Gasteiger partial charge on any atom is 0.311 e. The van der Waals surface area contributed by atoms with Crippen LogP contribution in [-0.2, 0) is 16.0 Å². The SMILES string of the molecule is CCc1ccc(OCC(=O)N2CCC(C)(C(=O)O)C2)cc1. The minimum Gasteiger partial charge on any atom is -0.484 e. The quantitative estimate of drug-likeness (QED) is 0.900. The molecule has 0 radical (unpaired) electrons. The molecule has 1 atom stereocenters. The molecule has 21 heavy (non-hydrogen) atoms. The number of carbonyl (C=O) groups is 2. The van der Waals surface area contributed by atoms with Crippen molar-refractivity contribution < 1.29 is 19.4 Å². The molecule has 5 heteroatoms. The highest BCUT2D eigenvalue weighted by Crippen LogP contribution is 2.30. The Labute approximate surface area is 124 Å². The number of amides is 1. The van der Waals surface area contributed by atoms with E-state index in [0.717, 1.165) is 6.42 Å². The van der Waals surface area contributed by atoms with E-state index in [0.29, 0.717) is 18.7 Å². The average molecular weight is 291 g/mol. The zero-order chi connectivity index (χ0) is 15.5. The lowest BCUT2D eigenvalue weighted by Crippen LogP contribution is -2.37. The van der Waals surface area contributed by atoms with Gasteiger partial charge in [0.05, 0.1) is 5.41 Å². The predicted octanol–water partition coefficient (Wildman–Crippen LogP) is 1.95. The van der Waals surface area contributed by atoms with Crippen molar-refractivity contribution in [2.45, 2.75) is 26.7 Å². The molecule has 1 fully saturated rings. The Morgan fingerprint density at radius 2 is 2.00 bits per heavy atom. The highest BCUT2D eigenvalue weighted by molar-refractivity contribution is 5.81. The summed E-state index contributed by atoms with van der Waals surface area (Å²) in [4.78, 5) is 24.8. The number of hydrogen-bond donors (Lipinski definition) is 1. The van der Waals surface area contributed by atoms with Gasteiger partial charge in [0.15, 0.2) is 6.61 Å². The summed E-state index contributed by atoms with van der Waals surface area (Å²) in [7, 11) is 0. The molecular formula is C16H21NO4. The molecule has 1 amide bonds. The van der Waals surface area contributed by atoms with E-state index in [9.17, 15) is 9.59 Å². The van der Waals surface area contributed by atoms with E-state index < -0.39 is 11.4 Å². The number of rotatable bonds is 5. The zero-order valence-corrected chi connectivity index (χ0v) is 12.5. The molecule has 1 unspecified atom stereocenters. The molecule has 0 spiro atoms. The van der Waals surface area contributed by atoms with E-state index in [1.54, 1.807) is 11.8 Å². The van der Waals surface area contributed by atoms with Gasteiger partial charge in [0.2, 0.25) is 0 Å². The van der Waals surface area contributed by atoms with Crippen LogP contribution in [0.1, 0.15) is 25.8 Å². The Morgan fingerprint density at radius 1 is 1.33 bits per heavy atom. The van der Waals surface area contributed by atoms with Gasteiger partial charge in [0.25, 0.3) is 5.91 Å². The molecule has 1 N–H and O–H groups in total. The minimum absolute atomic E-state index is 0.0544. The molecule has 0 aliphatic carbocycles. The highest BCUT2D eigenvalue weighted by atomic mass is 16.5. The summed E-state index contributed by atoms with van der Waals surface area (Å²) in [6.07, 6.45) is 1.44. The second-order valence-electron chi connectivity index (χ2n) is 5.72. The Morgan fingerprint density at radius 3 is 2.52 bits per heavy atom. The number of carbonyl (C=O) groups excluding carboxylic acids is 1. The van der Waals surface area contributed by atoms with Crippen LogP contribution < -0.4 is 4.74 Å². The van der Waals surface area contributed by atoms with Crippen LogP contribution in [0.2, 0.25) is 0 Å². The Bertz CT molecular complexity index is 526. The normalized spacial score (nSPS) is 21.3. The maximum absolute atomic E-state index is 12.1. The summed E-state index contributed by atoms with van der Waals surface area (Å²) in [6.45, 7) is 4.42. The number of hydrogen-bond acceptors (Lipinski definition) is 3. The van der Waals surface area contributed by atoms with Gasteiger partial charge in [-0.15, -0.1) is 0 Å². The number of carboxylic acids is 1. The standard InChI is InChI=1S/C16H21NO4/c1-3-12-4-6-13(7-5-12)21-10-14(18)17-9-8-16(2,11-17)15(19)20/h4-7H,3,8-11H2,1-2H3,(H,19,20). The van der Waals surface area contributed by atoms with Crippen LogP contribution >= 0.6 is 0 Å². The van der Waals surface area contributed by atoms with Gasteiger partial charge < -0.3 is 14.7 Å². The van der Waals surface area contributed by atoms with Gasteiger partial charge in [-0.2, -0.15) is 0 Å². The number of nitrogens with zero attached hydrogens (tertiary/aromatic N) is 1. The summed E-state index contributed by atoms with van der Waals surface area (Å²) < 4.78 is 5.47. The number of benzene rings is 1. The molecule has 5 nitrogen and oxygen atoms in total. The van der Waals surface area contributed by atoms with Crippen molar-refractivity contribution in [3.63, 3.8) is 0 Å². The van der Waals surface area contributed by atoms with E-state index in [1.807, 2.05) is 24.3 Å². The number of ether oxygens (including phenoxy) is 1. The van der Waals surface area contributed by atoms with Crippen LogP contribution in [0.15, 0.2) is 24.3 Å². The van der Waals surface area contributed by atoms with Gasteiger partial charge >= 0.3 is 5.97 Å². The van der Waals surface area contributed by atoms with Gasteiger partial charge in [-0.05, 0) is 37.5 Å². The van der Waals surface area contributed by atoms with Gasteiger partial charge in [-0.3, -0.25) is 9.59 Å². The van der Waals surface area contributed by atoms with Gasteiger partial charge in [0.1, 0.15) is 5.75 Å². The highest BCUT2D eigenvalue weighted by Gasteiger charge is 2.42. The van der Waals surface area contributed by atoms with Crippen LogP contribution in [0.25, 0.3) is 0 Å². The molecule has 0 aromatic heterocycles. The van der Waals surface area contributed by atoms with Crippen LogP contribution in [0, 0.1) is 5.41 Å². The first kappa shape index (κ1) is 15.4. The van der Waals surface area contributed by atoms with Crippen molar-refractivity contribution in [2.24, 2.45) is 5.41 Å². The van der Waals surface area contributed by atoms with E-state index in [1.165, 1.54) is 5.56 Å². The number of likely N-dealkylation sites (tertiary alicyclic amines) is 1. The summed E-state index contributed by atoms with van der Waals surface area (Å²) in [5.41, 5.74) is 0.378. The van der Waals surface area contributed by atoms with Crippen molar-refractivity contribution in [1.29, 1.82) is 0 Å². The number of aliphatic carboxylic acids is 1. The van der Waals surface area contributed by atoms with Crippen molar-refractivity contribution in [3.8, 4) is 5.75 Å². The lowest BCUT2D eigenvalue weighted by atomic mass is 9.90. The third-order valence-electron chi connectivity index (χ3n) is 4.04. The van der Waals surface area contributed by atoms with E-state index in [2.05, 4.69) is 6.92 Å². The molecule has 1 aliphatic heterocycles. The first-order valence-electron chi connectivity index (χ1n) is 7.17. The second kappa shape index (κ2) is 6.16. The van der Waals surface area contributed by atoms with Gasteiger partial charge in [0, 0.05) is 13.1 Å². The Balaban J connectivity index is 1.86. The second-order valence-corrected chi connectivity index (χ2v) is 5.72. The smallest absolute Gasteiger partial charge is 0.311 e. The topological polar surface area (TPSA) is 66.8 Å². The summed E-state index contributed by atoms with van der Waals surface area (Å²) in [5, 5.41) is 9.16. The molecule has 0 saturated carbocycles. The Hall–Kier alpha value is -2.04. The predicted molar refractivity (Wildman–Crippen MR) is 78.3 cm³/mol. The monoisotopic (exact) mass is 291 g/mol. The molecule has 1 aliphatic rings. The van der Waals surface area contributed by atoms with E-state index in [-0.39, 0.29) is 19.1 Å². The van der Waals surface area contributed by atoms with E-state index in [4.69, 9.17) is 9.84 Å². The van der Waals surface area contributed by atoms with Crippen LogP contribution in [0.3, 0.4) is 0 Å². The van der Waals surface area contributed by atoms with Crippen molar-refractivity contribution >= 4 is 11.9 Å². The van der Waals surface area contributed by atoms with Crippen LogP contribution in [0.4, 0.5) is 0 Å². The summed E-state index contributed by atoms with van der Waals surface area (Å²) >= 11 is 0. The fraction of sp³-hybridized carbons (Fsp3) is 0.500. The summed E-state index contributed by atoms with van der Waals surface area (Å²) in [5.74, 6) is -0.367. The first-order valence-corrected chi connectivity index (χ1v) is 7.17. The van der Waals surface area contributed by atoms with E-state index >= 15 is 0 Å². The molecule has 1 saturated heterocycles. The lowest BCUT2D eigenvalue weighted by Gasteiger charge is -2.20. The molecule has 2 rings (SSSR count). The molecule has 0 bridgehead atoms. The number of carboxylic acid groups (broad SMARTS) is 1. The van der Waals surface area contributed by atoms with Crippen molar-refractivity contribution in [2.75, 3.05) is 19.7 Å². The molecular weight excluding hydrogens is 270 g/mol. The summed E-state index contributed by atoms with van der Waals surface area (Å²) in [6, 6.07) is 7.63. The Kier molecular flexibility index (Phi) is 4.50. The first-order chi connectivity index (χ1) is 9.94. The van der Waals surface area contributed by atoms with Crippen molar-refractivity contribution in [1.82, 2.24) is 4.90 Å². The largest absolute Gasteiger partial charge is 0.484 e. The fourth-order valence-electron chi connectivity index (χ4n) is 2.41. The molecule has 114 valence electrons. The minimum atomic E-state index is -0.853. The lowest BCUT2D eigenvalue weighted by molar-refractivity contribution is -0.147. The third-order valence-corrected chi connectivity index (χ3v) is 4.04. The molecule has 1 aromatic rings. The van der Waals surface area contributed by atoms with Crippen molar-refractivity contribution in [3.05, 3.63) is 29.8 Å². The maximum atomic E-state index is 12.1. The molecule has 1 aromatic carbocycles. The van der Waals surface area contributed by atoms with Crippen LogP contribution in [0.5, 0.6) is 5.75 Å². The molecule has 1 heterocycles. The van der Waals surface area contributed by atoms with Gasteiger partial charge in [-0.1, -0.05) is 19.1 Å². The van der Waals surface area contributed by atoms with Gasteiger partial charge in [-0.25, -0.2) is 0 Å². The number of aryl methyl sites for hydroxylation is 1. The zero-order valence-electron chi connectivity index (χ0n) is 12.5. The van der Waals surface area contributed by atoms with Crippen LogP contribution in [-0.4, -0.2) is 41.6 Å².